The summed E-state index contributed by atoms with van der Waals surface area (Å²) in [5.74, 6) is 1.22. The number of piperazine rings is 1. The molecule has 0 radical (unpaired) electrons. The summed E-state index contributed by atoms with van der Waals surface area (Å²) in [6.45, 7) is 4.07. The molecule has 2 aromatic rings. The van der Waals surface area contributed by atoms with E-state index in [4.69, 9.17) is 4.52 Å². The molecular weight excluding hydrogens is 294 g/mol. The zero-order valence-corrected chi connectivity index (χ0v) is 13.2. The second-order valence-corrected chi connectivity index (χ2v) is 5.68. The zero-order chi connectivity index (χ0) is 16.1. The minimum Gasteiger partial charge on any atom is -0.339 e. The fraction of sp³-hybridized carbons (Fsp3) is 0.438. The van der Waals surface area contributed by atoms with Crippen molar-refractivity contribution >= 4 is 5.91 Å². The molecule has 0 saturated carbocycles. The number of carbonyl (C=O) groups excluding carboxylic acids is 1. The Bertz CT molecular complexity index is 637. The Kier molecular flexibility index (Phi) is 4.99. The fourth-order valence-electron chi connectivity index (χ4n) is 2.56. The molecular formula is C16H21N5O2. The average Bonchev–Trinajstić information content (AvgIpc) is 3.04. The van der Waals surface area contributed by atoms with Gasteiger partial charge in [-0.3, -0.25) is 9.69 Å². The van der Waals surface area contributed by atoms with Crippen molar-refractivity contribution in [2.75, 3.05) is 39.8 Å². The maximum Gasteiger partial charge on any atom is 0.241 e. The summed E-state index contributed by atoms with van der Waals surface area (Å²) in [6.07, 6.45) is 0. The van der Waals surface area contributed by atoms with Gasteiger partial charge in [0.25, 0.3) is 0 Å². The Morgan fingerprint density at radius 3 is 2.78 bits per heavy atom. The highest BCUT2D eigenvalue weighted by atomic mass is 16.5. The van der Waals surface area contributed by atoms with Crippen LogP contribution in [0.4, 0.5) is 0 Å². The lowest BCUT2D eigenvalue weighted by atomic mass is 10.2. The normalized spacial score (nSPS) is 15.1. The molecule has 23 heavy (non-hydrogen) atoms. The molecule has 1 saturated heterocycles. The number of nitrogens with zero attached hydrogens (tertiary/aromatic N) is 4. The van der Waals surface area contributed by atoms with Crippen LogP contribution in [0.2, 0.25) is 0 Å². The molecule has 0 aliphatic carbocycles. The van der Waals surface area contributed by atoms with E-state index in [1.54, 1.807) is 0 Å². The van der Waals surface area contributed by atoms with Crippen LogP contribution in [0.3, 0.4) is 0 Å². The van der Waals surface area contributed by atoms with Crippen molar-refractivity contribution in [3.05, 3.63) is 36.2 Å². The van der Waals surface area contributed by atoms with Gasteiger partial charge in [-0.1, -0.05) is 35.5 Å². The largest absolute Gasteiger partial charge is 0.339 e. The first-order valence-electron chi connectivity index (χ1n) is 7.77. The number of hydrogen-bond acceptors (Lipinski definition) is 6. The monoisotopic (exact) mass is 315 g/mol. The molecule has 1 aromatic heterocycles. The highest BCUT2D eigenvalue weighted by Gasteiger charge is 2.19. The van der Waals surface area contributed by atoms with E-state index in [-0.39, 0.29) is 5.91 Å². The number of carbonyl (C=O) groups is 1. The Morgan fingerprint density at radius 1 is 1.30 bits per heavy atom. The smallest absolute Gasteiger partial charge is 0.241 e. The number of rotatable bonds is 5. The van der Waals surface area contributed by atoms with Crippen LogP contribution in [0.1, 0.15) is 5.89 Å². The molecule has 1 amide bonds. The van der Waals surface area contributed by atoms with Gasteiger partial charge in [0.1, 0.15) is 0 Å². The molecule has 2 heterocycles. The maximum absolute atomic E-state index is 12.2. The van der Waals surface area contributed by atoms with Gasteiger partial charge in [-0.25, -0.2) is 0 Å². The number of likely N-dealkylation sites (N-methyl/N-ethyl adjacent to an activating group) is 1. The summed E-state index contributed by atoms with van der Waals surface area (Å²) >= 11 is 0. The summed E-state index contributed by atoms with van der Waals surface area (Å²) in [5.41, 5.74) is 0.919. The minimum atomic E-state index is 0.136. The fourth-order valence-corrected chi connectivity index (χ4v) is 2.56. The molecule has 0 spiro atoms. The van der Waals surface area contributed by atoms with Crippen LogP contribution in [0.5, 0.6) is 0 Å². The van der Waals surface area contributed by atoms with Crippen molar-refractivity contribution < 1.29 is 9.32 Å². The van der Waals surface area contributed by atoms with Crippen LogP contribution in [0.15, 0.2) is 34.9 Å². The van der Waals surface area contributed by atoms with Crippen molar-refractivity contribution in [2.45, 2.75) is 6.54 Å². The number of hydrogen-bond donors (Lipinski definition) is 1. The van der Waals surface area contributed by atoms with Gasteiger partial charge < -0.3 is 14.7 Å². The molecule has 122 valence electrons. The maximum atomic E-state index is 12.2. The highest BCUT2D eigenvalue weighted by molar-refractivity contribution is 5.78. The van der Waals surface area contributed by atoms with E-state index in [1.807, 2.05) is 47.2 Å². The van der Waals surface area contributed by atoms with E-state index in [2.05, 4.69) is 15.5 Å². The predicted molar refractivity (Wildman–Crippen MR) is 85.5 cm³/mol. The van der Waals surface area contributed by atoms with Gasteiger partial charge in [-0.15, -0.1) is 0 Å². The molecule has 0 bridgehead atoms. The van der Waals surface area contributed by atoms with Crippen LogP contribution in [0.25, 0.3) is 11.4 Å². The first-order valence-corrected chi connectivity index (χ1v) is 7.77. The lowest BCUT2D eigenvalue weighted by molar-refractivity contribution is -0.132. The van der Waals surface area contributed by atoms with Crippen LogP contribution in [-0.2, 0) is 11.3 Å². The van der Waals surface area contributed by atoms with Crippen molar-refractivity contribution in [1.82, 2.24) is 25.3 Å². The molecule has 7 nitrogen and oxygen atoms in total. The van der Waals surface area contributed by atoms with Gasteiger partial charge >= 0.3 is 0 Å². The van der Waals surface area contributed by atoms with Crippen LogP contribution in [-0.4, -0.2) is 65.6 Å². The van der Waals surface area contributed by atoms with E-state index in [0.29, 0.717) is 24.8 Å². The second-order valence-electron chi connectivity index (χ2n) is 5.68. The van der Waals surface area contributed by atoms with Gasteiger partial charge in [0.05, 0.1) is 13.1 Å². The molecule has 1 aromatic carbocycles. The summed E-state index contributed by atoms with van der Waals surface area (Å²) < 4.78 is 5.28. The van der Waals surface area contributed by atoms with Crippen LogP contribution < -0.4 is 5.32 Å². The van der Waals surface area contributed by atoms with Gasteiger partial charge in [-0.05, 0) is 7.05 Å². The van der Waals surface area contributed by atoms with Crippen LogP contribution >= 0.6 is 0 Å². The quantitative estimate of drug-likeness (QED) is 0.871. The third-order valence-corrected chi connectivity index (χ3v) is 3.78. The standard InChI is InChI=1S/C16H21N5O2/c1-20(12-15(22)21-9-7-17-8-10-21)11-14-18-16(19-23-14)13-5-3-2-4-6-13/h2-6,17H,7-12H2,1H3. The average molecular weight is 315 g/mol. The number of benzene rings is 1. The Balaban J connectivity index is 1.54. The Hall–Kier alpha value is -2.25. The lowest BCUT2D eigenvalue weighted by Gasteiger charge is -2.28. The Morgan fingerprint density at radius 2 is 2.04 bits per heavy atom. The minimum absolute atomic E-state index is 0.136. The first kappa shape index (κ1) is 15.6. The second kappa shape index (κ2) is 7.34. The predicted octanol–water partition coefficient (Wildman–Crippen LogP) is 0.600. The summed E-state index contributed by atoms with van der Waals surface area (Å²) in [6, 6.07) is 9.69. The summed E-state index contributed by atoms with van der Waals surface area (Å²) in [4.78, 5) is 20.4. The van der Waals surface area contributed by atoms with Crippen LogP contribution in [0, 0.1) is 0 Å². The molecule has 0 atom stereocenters. The SMILES string of the molecule is CN(CC(=O)N1CCNCC1)Cc1nc(-c2ccccc2)no1. The third-order valence-electron chi connectivity index (χ3n) is 3.78. The molecule has 7 heteroatoms. The zero-order valence-electron chi connectivity index (χ0n) is 13.2. The van der Waals surface area contributed by atoms with Gasteiger partial charge in [-0.2, -0.15) is 4.98 Å². The Labute approximate surface area is 135 Å². The van der Waals surface area contributed by atoms with E-state index in [9.17, 15) is 4.79 Å². The highest BCUT2D eigenvalue weighted by Crippen LogP contribution is 2.15. The third kappa shape index (κ3) is 4.14. The van der Waals surface area contributed by atoms with E-state index in [0.717, 1.165) is 31.7 Å². The number of aromatic nitrogens is 2. The summed E-state index contributed by atoms with van der Waals surface area (Å²) in [7, 11) is 1.88. The molecule has 3 rings (SSSR count). The van der Waals surface area contributed by atoms with Gasteiger partial charge in [0.2, 0.25) is 17.6 Å². The topological polar surface area (TPSA) is 74.5 Å². The van der Waals surface area contributed by atoms with Crippen molar-refractivity contribution in [3.63, 3.8) is 0 Å². The lowest BCUT2D eigenvalue weighted by Crippen LogP contribution is -2.49. The van der Waals surface area contributed by atoms with Crippen molar-refractivity contribution in [2.24, 2.45) is 0 Å². The van der Waals surface area contributed by atoms with E-state index in [1.165, 1.54) is 0 Å². The molecule has 1 aliphatic heterocycles. The summed E-state index contributed by atoms with van der Waals surface area (Å²) in [5, 5.41) is 7.23. The molecule has 1 aliphatic rings. The molecule has 0 unspecified atom stereocenters. The molecule has 1 fully saturated rings. The van der Waals surface area contributed by atoms with Gasteiger partial charge in [0, 0.05) is 31.7 Å². The van der Waals surface area contributed by atoms with Crippen molar-refractivity contribution in [1.29, 1.82) is 0 Å². The number of nitrogens with one attached hydrogen (secondary N) is 1. The van der Waals surface area contributed by atoms with Gasteiger partial charge in [0.15, 0.2) is 0 Å². The first-order chi connectivity index (χ1) is 11.2. The number of amides is 1. The molecule has 1 N–H and O–H groups in total. The van der Waals surface area contributed by atoms with E-state index >= 15 is 0 Å². The van der Waals surface area contributed by atoms with E-state index < -0.39 is 0 Å². The van der Waals surface area contributed by atoms with Crippen molar-refractivity contribution in [3.8, 4) is 11.4 Å².